The zero-order valence-electron chi connectivity index (χ0n) is 16.1. The van der Waals surface area contributed by atoms with E-state index in [1.54, 1.807) is 7.11 Å². The molecule has 1 atom stereocenters. The molecule has 0 bridgehead atoms. The minimum Gasteiger partial charge on any atom is -0.493 e. The van der Waals surface area contributed by atoms with Gasteiger partial charge in [-0.3, -0.25) is 15.1 Å². The van der Waals surface area contributed by atoms with Gasteiger partial charge in [-0.25, -0.2) is 5.84 Å². The minimum absolute atomic E-state index is 0.0265. The molecule has 6 heteroatoms. The molecule has 0 saturated carbocycles. The third kappa shape index (κ3) is 6.18. The molecule has 1 heterocycles. The number of ether oxygens (including phenoxy) is 2. The van der Waals surface area contributed by atoms with Gasteiger partial charge in [-0.15, -0.1) is 0 Å². The molecular formula is C20H33N3O3. The van der Waals surface area contributed by atoms with Crippen LogP contribution in [0, 0.1) is 5.92 Å². The molecule has 3 N–H and O–H groups in total. The zero-order valence-corrected chi connectivity index (χ0v) is 16.1. The number of hydrogen-bond acceptors (Lipinski definition) is 5. The van der Waals surface area contributed by atoms with Crippen LogP contribution in [-0.4, -0.2) is 37.6 Å². The van der Waals surface area contributed by atoms with E-state index in [9.17, 15) is 4.79 Å². The zero-order chi connectivity index (χ0) is 18.8. The van der Waals surface area contributed by atoms with E-state index in [2.05, 4.69) is 23.3 Å². The second kappa shape index (κ2) is 11.0. The summed E-state index contributed by atoms with van der Waals surface area (Å²) in [6.45, 7) is 5.45. The number of rotatable bonds is 10. The smallest absolute Gasteiger partial charge is 0.238 e. The lowest BCUT2D eigenvalue weighted by atomic mass is 9.97. The van der Waals surface area contributed by atoms with Crippen LogP contribution in [0.4, 0.5) is 0 Å². The first kappa shape index (κ1) is 20.5. The van der Waals surface area contributed by atoms with Gasteiger partial charge in [-0.1, -0.05) is 32.3 Å². The largest absolute Gasteiger partial charge is 0.493 e. The summed E-state index contributed by atoms with van der Waals surface area (Å²) in [7, 11) is 1.67. The van der Waals surface area contributed by atoms with Gasteiger partial charge in [0.05, 0.1) is 19.6 Å². The standard InChI is InChI=1S/C20H33N3O3/c1-3-4-5-6-12-26-18-10-9-16(13-19(18)25-2)14-23-11-7-8-17(15-23)20(24)22-21/h9-10,13,17H,3-8,11-12,14-15,21H2,1-2H3,(H,22,24). The highest BCUT2D eigenvalue weighted by Crippen LogP contribution is 2.29. The number of piperidine rings is 1. The maximum Gasteiger partial charge on any atom is 0.238 e. The van der Waals surface area contributed by atoms with E-state index in [1.807, 2.05) is 12.1 Å². The maximum atomic E-state index is 11.8. The third-order valence-corrected chi connectivity index (χ3v) is 4.91. The van der Waals surface area contributed by atoms with Crippen molar-refractivity contribution in [2.75, 3.05) is 26.8 Å². The molecule has 1 aromatic carbocycles. The molecule has 1 fully saturated rings. The molecule has 0 spiro atoms. The maximum absolute atomic E-state index is 11.8. The molecule has 1 amide bonds. The second-order valence-electron chi connectivity index (χ2n) is 6.98. The molecule has 1 aromatic rings. The summed E-state index contributed by atoms with van der Waals surface area (Å²) in [6.07, 6.45) is 6.64. The van der Waals surface area contributed by atoms with E-state index in [0.717, 1.165) is 62.6 Å². The van der Waals surface area contributed by atoms with Crippen LogP contribution < -0.4 is 20.7 Å². The van der Waals surface area contributed by atoms with Crippen LogP contribution in [0.1, 0.15) is 51.0 Å². The highest BCUT2D eigenvalue weighted by atomic mass is 16.5. The van der Waals surface area contributed by atoms with Crippen molar-refractivity contribution < 1.29 is 14.3 Å². The lowest BCUT2D eigenvalue weighted by Gasteiger charge is -2.31. The van der Waals surface area contributed by atoms with E-state index < -0.39 is 0 Å². The Balaban J connectivity index is 1.90. The molecule has 2 rings (SSSR count). The summed E-state index contributed by atoms with van der Waals surface area (Å²) < 4.78 is 11.4. The van der Waals surface area contributed by atoms with Gasteiger partial charge in [0, 0.05) is 13.1 Å². The molecule has 0 aromatic heterocycles. The van der Waals surface area contributed by atoms with Crippen molar-refractivity contribution in [3.8, 4) is 11.5 Å². The number of methoxy groups -OCH3 is 1. The first-order valence-electron chi connectivity index (χ1n) is 9.70. The van der Waals surface area contributed by atoms with Crippen LogP contribution in [0.25, 0.3) is 0 Å². The predicted octanol–water partition coefficient (Wildman–Crippen LogP) is 2.86. The Labute approximate surface area is 157 Å². The van der Waals surface area contributed by atoms with Crippen molar-refractivity contribution in [3.05, 3.63) is 23.8 Å². The van der Waals surface area contributed by atoms with E-state index >= 15 is 0 Å². The Morgan fingerprint density at radius 1 is 1.31 bits per heavy atom. The number of nitrogens with one attached hydrogen (secondary N) is 1. The highest BCUT2D eigenvalue weighted by molar-refractivity contribution is 5.78. The quantitative estimate of drug-likeness (QED) is 0.289. The fourth-order valence-electron chi connectivity index (χ4n) is 3.43. The molecule has 6 nitrogen and oxygen atoms in total. The summed E-state index contributed by atoms with van der Waals surface area (Å²) >= 11 is 0. The van der Waals surface area contributed by atoms with Crippen molar-refractivity contribution in [1.29, 1.82) is 0 Å². The third-order valence-electron chi connectivity index (χ3n) is 4.91. The summed E-state index contributed by atoms with van der Waals surface area (Å²) in [5.41, 5.74) is 3.44. The number of nitrogens with zero attached hydrogens (tertiary/aromatic N) is 1. The molecular weight excluding hydrogens is 330 g/mol. The molecule has 146 valence electrons. The Hall–Kier alpha value is -1.79. The lowest BCUT2D eigenvalue weighted by molar-refractivity contribution is -0.126. The van der Waals surface area contributed by atoms with Crippen LogP contribution in [-0.2, 0) is 11.3 Å². The molecule has 1 unspecified atom stereocenters. The van der Waals surface area contributed by atoms with E-state index in [1.165, 1.54) is 19.3 Å². The number of likely N-dealkylation sites (tertiary alicyclic amines) is 1. The van der Waals surface area contributed by atoms with Gasteiger partial charge >= 0.3 is 0 Å². The average molecular weight is 364 g/mol. The number of hydrazine groups is 1. The Morgan fingerprint density at radius 3 is 2.88 bits per heavy atom. The summed E-state index contributed by atoms with van der Waals surface area (Å²) in [6, 6.07) is 6.10. The van der Waals surface area contributed by atoms with Gasteiger partial charge in [-0.2, -0.15) is 0 Å². The van der Waals surface area contributed by atoms with E-state index in [0.29, 0.717) is 0 Å². The summed E-state index contributed by atoms with van der Waals surface area (Å²) in [5, 5.41) is 0. The SMILES string of the molecule is CCCCCCOc1ccc(CN2CCCC(C(=O)NN)C2)cc1OC. The van der Waals surface area contributed by atoms with Crippen LogP contribution in [0.2, 0.25) is 0 Å². The number of nitrogens with two attached hydrogens (primary N) is 1. The summed E-state index contributed by atoms with van der Waals surface area (Å²) in [4.78, 5) is 14.1. The normalized spacial score (nSPS) is 17.7. The first-order valence-corrected chi connectivity index (χ1v) is 9.70. The fraction of sp³-hybridized carbons (Fsp3) is 0.650. The van der Waals surface area contributed by atoms with Crippen LogP contribution in [0.15, 0.2) is 18.2 Å². The first-order chi connectivity index (χ1) is 12.7. The van der Waals surface area contributed by atoms with Crippen molar-refractivity contribution in [3.63, 3.8) is 0 Å². The van der Waals surface area contributed by atoms with Crippen LogP contribution in [0.3, 0.4) is 0 Å². The number of hydrogen-bond donors (Lipinski definition) is 2. The van der Waals surface area contributed by atoms with Crippen LogP contribution >= 0.6 is 0 Å². The van der Waals surface area contributed by atoms with Gasteiger partial charge in [0.2, 0.25) is 5.91 Å². The number of amides is 1. The van der Waals surface area contributed by atoms with Crippen LogP contribution in [0.5, 0.6) is 11.5 Å². The van der Waals surface area contributed by atoms with Crippen molar-refractivity contribution >= 4 is 5.91 Å². The van der Waals surface area contributed by atoms with Gasteiger partial charge < -0.3 is 9.47 Å². The topological polar surface area (TPSA) is 76.8 Å². The predicted molar refractivity (Wildman–Crippen MR) is 103 cm³/mol. The van der Waals surface area contributed by atoms with E-state index in [4.69, 9.17) is 15.3 Å². The Bertz CT molecular complexity index is 565. The number of unbranched alkanes of at least 4 members (excludes halogenated alkanes) is 3. The molecule has 0 aliphatic carbocycles. The van der Waals surface area contributed by atoms with Gasteiger partial charge in [-0.05, 0) is 43.5 Å². The summed E-state index contributed by atoms with van der Waals surface area (Å²) in [5.74, 6) is 6.74. The molecule has 1 aliphatic heterocycles. The number of benzene rings is 1. The number of carbonyl (C=O) groups is 1. The second-order valence-corrected chi connectivity index (χ2v) is 6.98. The molecule has 1 aliphatic rings. The Kier molecular flexibility index (Phi) is 8.71. The van der Waals surface area contributed by atoms with Gasteiger partial charge in [0.25, 0.3) is 0 Å². The molecule has 1 saturated heterocycles. The van der Waals surface area contributed by atoms with Crippen molar-refractivity contribution in [1.82, 2.24) is 10.3 Å². The monoisotopic (exact) mass is 363 g/mol. The van der Waals surface area contributed by atoms with E-state index in [-0.39, 0.29) is 11.8 Å². The van der Waals surface area contributed by atoms with Gasteiger partial charge in [0.15, 0.2) is 11.5 Å². The lowest BCUT2D eigenvalue weighted by Crippen LogP contribution is -2.44. The Morgan fingerprint density at radius 2 is 2.15 bits per heavy atom. The van der Waals surface area contributed by atoms with Crippen molar-refractivity contribution in [2.45, 2.75) is 52.0 Å². The minimum atomic E-state index is -0.0703. The fourth-order valence-corrected chi connectivity index (χ4v) is 3.43. The highest BCUT2D eigenvalue weighted by Gasteiger charge is 2.25. The number of carbonyl (C=O) groups excluding carboxylic acids is 1. The molecule has 0 radical (unpaired) electrons. The van der Waals surface area contributed by atoms with Crippen molar-refractivity contribution in [2.24, 2.45) is 11.8 Å². The average Bonchev–Trinajstić information content (AvgIpc) is 2.68. The van der Waals surface area contributed by atoms with Gasteiger partial charge in [0.1, 0.15) is 0 Å². The molecule has 26 heavy (non-hydrogen) atoms.